The minimum atomic E-state index is -0.469. The van der Waals surface area contributed by atoms with Gasteiger partial charge in [-0.25, -0.2) is 14.3 Å². The number of halogens is 1. The average molecular weight is 382 g/mol. The van der Waals surface area contributed by atoms with E-state index in [1.165, 1.54) is 0 Å². The highest BCUT2D eigenvalue weighted by Crippen LogP contribution is 2.19. The van der Waals surface area contributed by atoms with E-state index in [1.807, 2.05) is 32.9 Å². The van der Waals surface area contributed by atoms with E-state index in [0.717, 1.165) is 22.5 Å². The van der Waals surface area contributed by atoms with Gasteiger partial charge in [0.2, 0.25) is 0 Å². The Balaban J connectivity index is 1.62. The lowest BCUT2D eigenvalue weighted by Gasteiger charge is -2.24. The van der Waals surface area contributed by atoms with Crippen molar-refractivity contribution in [2.75, 3.05) is 18.4 Å². The van der Waals surface area contributed by atoms with E-state index in [4.69, 9.17) is 4.74 Å². The van der Waals surface area contributed by atoms with Crippen LogP contribution in [0.3, 0.4) is 0 Å². The zero-order valence-corrected chi connectivity index (χ0v) is 15.0. The van der Waals surface area contributed by atoms with E-state index in [2.05, 4.69) is 31.3 Å². The van der Waals surface area contributed by atoms with Crippen LogP contribution in [0.25, 0.3) is 5.65 Å². The summed E-state index contributed by atoms with van der Waals surface area (Å²) in [6.45, 7) is 6.92. The third kappa shape index (κ3) is 3.74. The molecule has 0 bridgehead atoms. The number of nitrogens with zero attached hydrogens (tertiary/aromatic N) is 4. The van der Waals surface area contributed by atoms with Crippen molar-refractivity contribution in [1.29, 1.82) is 0 Å². The molecule has 1 amide bonds. The van der Waals surface area contributed by atoms with Crippen LogP contribution in [0.15, 0.2) is 22.9 Å². The number of anilines is 1. The first-order valence-electron chi connectivity index (χ1n) is 7.56. The summed E-state index contributed by atoms with van der Waals surface area (Å²) < 4.78 is 7.94. The topological polar surface area (TPSA) is 71.8 Å². The van der Waals surface area contributed by atoms with Crippen LogP contribution < -0.4 is 5.32 Å². The van der Waals surface area contributed by atoms with E-state index in [9.17, 15) is 4.79 Å². The number of amides is 1. The number of aromatic nitrogens is 3. The Morgan fingerprint density at radius 1 is 1.43 bits per heavy atom. The molecule has 0 radical (unpaired) electrons. The number of carbonyl (C=O) groups is 1. The van der Waals surface area contributed by atoms with Crippen molar-refractivity contribution in [1.82, 2.24) is 19.5 Å². The van der Waals surface area contributed by atoms with Gasteiger partial charge < -0.3 is 15.0 Å². The zero-order chi connectivity index (χ0) is 16.6. The van der Waals surface area contributed by atoms with Gasteiger partial charge >= 0.3 is 6.09 Å². The number of fused-ring (bicyclic) bond motifs is 1. The lowest BCUT2D eigenvalue weighted by Crippen LogP contribution is -2.36. The monoisotopic (exact) mass is 381 g/mol. The Kier molecular flexibility index (Phi) is 4.18. The lowest BCUT2D eigenvalue weighted by atomic mass is 10.2. The Morgan fingerprint density at radius 3 is 2.96 bits per heavy atom. The van der Waals surface area contributed by atoms with Crippen LogP contribution in [0.4, 0.5) is 10.6 Å². The number of nitrogens with one attached hydrogen (secondary N) is 1. The minimum Gasteiger partial charge on any atom is -0.444 e. The molecule has 2 aromatic rings. The van der Waals surface area contributed by atoms with E-state index >= 15 is 0 Å². The molecular formula is C15H20BrN5O2. The van der Waals surface area contributed by atoms with E-state index in [0.29, 0.717) is 13.1 Å². The molecule has 8 heteroatoms. The van der Waals surface area contributed by atoms with Crippen molar-refractivity contribution in [3.8, 4) is 0 Å². The van der Waals surface area contributed by atoms with Gasteiger partial charge in [0.05, 0.1) is 6.20 Å². The number of hydrogen-bond acceptors (Lipinski definition) is 5. The second-order valence-electron chi connectivity index (χ2n) is 6.63. The summed E-state index contributed by atoms with van der Waals surface area (Å²) in [5.74, 6) is 0.757. The number of imidazole rings is 1. The SMILES string of the molecule is CC(C)(C)OC(=O)N1CCC(Nc2ccc3ncc(Br)n3n2)C1. The molecule has 0 spiro atoms. The predicted molar refractivity (Wildman–Crippen MR) is 90.5 cm³/mol. The summed E-state index contributed by atoms with van der Waals surface area (Å²) >= 11 is 3.41. The highest BCUT2D eigenvalue weighted by Gasteiger charge is 2.29. The molecule has 1 atom stereocenters. The van der Waals surface area contributed by atoms with E-state index < -0.39 is 5.60 Å². The van der Waals surface area contributed by atoms with Crippen molar-refractivity contribution in [2.45, 2.75) is 38.8 Å². The molecule has 124 valence electrons. The van der Waals surface area contributed by atoms with Crippen LogP contribution in [0.5, 0.6) is 0 Å². The third-order valence-electron chi connectivity index (χ3n) is 3.51. The van der Waals surface area contributed by atoms with E-state index in [1.54, 1.807) is 15.6 Å². The first kappa shape index (κ1) is 16.0. The number of carbonyl (C=O) groups excluding carboxylic acids is 1. The lowest BCUT2D eigenvalue weighted by molar-refractivity contribution is 0.0293. The van der Waals surface area contributed by atoms with Crippen LogP contribution >= 0.6 is 15.9 Å². The van der Waals surface area contributed by atoms with Crippen molar-refractivity contribution >= 4 is 33.5 Å². The van der Waals surface area contributed by atoms with Gasteiger partial charge in [0.25, 0.3) is 0 Å². The highest BCUT2D eigenvalue weighted by atomic mass is 79.9. The van der Waals surface area contributed by atoms with Crippen LogP contribution in [-0.2, 0) is 4.74 Å². The van der Waals surface area contributed by atoms with E-state index in [-0.39, 0.29) is 12.1 Å². The van der Waals surface area contributed by atoms with Gasteiger partial charge in [0.15, 0.2) is 5.65 Å². The smallest absolute Gasteiger partial charge is 0.410 e. The van der Waals surface area contributed by atoms with Crippen LogP contribution in [0.2, 0.25) is 0 Å². The largest absolute Gasteiger partial charge is 0.444 e. The summed E-state index contributed by atoms with van der Waals surface area (Å²) in [4.78, 5) is 18.0. The quantitative estimate of drug-likeness (QED) is 0.865. The molecule has 1 fully saturated rings. The molecule has 0 saturated carbocycles. The van der Waals surface area contributed by atoms with Gasteiger partial charge in [0.1, 0.15) is 16.0 Å². The molecule has 23 heavy (non-hydrogen) atoms. The number of rotatable bonds is 2. The maximum absolute atomic E-state index is 12.1. The molecule has 2 aromatic heterocycles. The van der Waals surface area contributed by atoms with Crippen LogP contribution in [-0.4, -0.2) is 50.3 Å². The van der Waals surface area contributed by atoms with Gasteiger partial charge in [-0.15, -0.1) is 5.10 Å². The van der Waals surface area contributed by atoms with Crippen LogP contribution in [0, 0.1) is 0 Å². The molecule has 1 aliphatic heterocycles. The summed E-state index contributed by atoms with van der Waals surface area (Å²) in [7, 11) is 0. The molecule has 3 rings (SSSR count). The Morgan fingerprint density at radius 2 is 2.22 bits per heavy atom. The number of likely N-dealkylation sites (tertiary alicyclic amines) is 1. The van der Waals surface area contributed by atoms with Crippen molar-refractivity contribution in [3.05, 3.63) is 22.9 Å². The molecule has 0 aromatic carbocycles. The molecule has 1 aliphatic rings. The second-order valence-corrected chi connectivity index (χ2v) is 7.44. The standard InChI is InChI=1S/C15H20BrN5O2/c1-15(2,3)23-14(22)20-7-6-10(9-20)18-12-4-5-13-17-8-11(16)21(13)19-12/h4-5,8,10H,6-7,9H2,1-3H3,(H,18,19). The maximum Gasteiger partial charge on any atom is 0.410 e. The first-order chi connectivity index (χ1) is 10.8. The average Bonchev–Trinajstić information content (AvgIpc) is 3.05. The molecule has 0 aliphatic carbocycles. The second kappa shape index (κ2) is 5.99. The van der Waals surface area contributed by atoms with Gasteiger partial charge in [-0.1, -0.05) is 0 Å². The fourth-order valence-electron chi connectivity index (χ4n) is 2.50. The van der Waals surface area contributed by atoms with Gasteiger partial charge in [-0.3, -0.25) is 0 Å². The highest BCUT2D eigenvalue weighted by molar-refractivity contribution is 9.10. The van der Waals surface area contributed by atoms with Crippen LogP contribution in [0.1, 0.15) is 27.2 Å². The normalized spacial score (nSPS) is 18.4. The Labute approximate surface area is 143 Å². The van der Waals surface area contributed by atoms with Crippen molar-refractivity contribution in [2.24, 2.45) is 0 Å². The summed E-state index contributed by atoms with van der Waals surface area (Å²) in [5, 5.41) is 7.86. The Bertz CT molecular complexity index is 724. The molecular weight excluding hydrogens is 362 g/mol. The first-order valence-corrected chi connectivity index (χ1v) is 8.36. The Hall–Kier alpha value is -1.83. The van der Waals surface area contributed by atoms with Crippen molar-refractivity contribution in [3.63, 3.8) is 0 Å². The molecule has 1 saturated heterocycles. The molecule has 1 N–H and O–H groups in total. The molecule has 1 unspecified atom stereocenters. The summed E-state index contributed by atoms with van der Waals surface area (Å²) in [5.41, 5.74) is 0.312. The van der Waals surface area contributed by atoms with Crippen molar-refractivity contribution < 1.29 is 9.53 Å². The number of ether oxygens (including phenoxy) is 1. The predicted octanol–water partition coefficient (Wildman–Crippen LogP) is 2.91. The number of hydrogen-bond donors (Lipinski definition) is 1. The molecule has 7 nitrogen and oxygen atoms in total. The zero-order valence-electron chi connectivity index (χ0n) is 13.4. The third-order valence-corrected chi connectivity index (χ3v) is 4.05. The maximum atomic E-state index is 12.1. The van der Waals surface area contributed by atoms with Gasteiger partial charge in [0, 0.05) is 19.1 Å². The van der Waals surface area contributed by atoms with Gasteiger partial charge in [-0.2, -0.15) is 0 Å². The summed E-state index contributed by atoms with van der Waals surface area (Å²) in [6.07, 6.45) is 2.32. The van der Waals surface area contributed by atoms with Gasteiger partial charge in [-0.05, 0) is 55.3 Å². The fraction of sp³-hybridized carbons (Fsp3) is 0.533. The fourth-order valence-corrected chi connectivity index (χ4v) is 2.87. The summed E-state index contributed by atoms with van der Waals surface area (Å²) in [6, 6.07) is 3.96. The minimum absolute atomic E-state index is 0.162. The molecule has 3 heterocycles.